The predicted molar refractivity (Wildman–Crippen MR) is 103 cm³/mol. The number of rotatable bonds is 6. The quantitative estimate of drug-likeness (QED) is 0.744. The lowest BCUT2D eigenvalue weighted by Gasteiger charge is -2.27. The van der Waals surface area contributed by atoms with Crippen molar-refractivity contribution in [3.63, 3.8) is 0 Å². The zero-order valence-electron chi connectivity index (χ0n) is 16.5. The molecule has 0 bridgehead atoms. The van der Waals surface area contributed by atoms with Crippen LogP contribution in [0, 0.1) is 5.92 Å². The Bertz CT molecular complexity index is 985. The van der Waals surface area contributed by atoms with Gasteiger partial charge in [0.1, 0.15) is 0 Å². The van der Waals surface area contributed by atoms with Crippen LogP contribution in [0.15, 0.2) is 60.1 Å². The molecule has 30 heavy (non-hydrogen) atoms. The fourth-order valence-electron chi connectivity index (χ4n) is 3.52. The van der Waals surface area contributed by atoms with Crippen molar-refractivity contribution in [3.8, 4) is 0 Å². The average molecular weight is 418 g/mol. The van der Waals surface area contributed by atoms with Gasteiger partial charge in [-0.15, -0.1) is 0 Å². The second kappa shape index (κ2) is 8.30. The molecule has 3 rings (SSSR count). The van der Waals surface area contributed by atoms with Gasteiger partial charge in [0.25, 0.3) is 5.91 Å². The summed E-state index contributed by atoms with van der Waals surface area (Å²) in [4.78, 5) is 30.8. The van der Waals surface area contributed by atoms with E-state index >= 15 is 0 Å². The number of halogens is 3. The third-order valence-electron chi connectivity index (χ3n) is 4.83. The van der Waals surface area contributed by atoms with E-state index in [0.717, 1.165) is 12.1 Å². The Kier molecular flexibility index (Phi) is 5.96. The number of ketones is 1. The summed E-state index contributed by atoms with van der Waals surface area (Å²) in [5, 5.41) is 10.5. The Hall–Kier alpha value is -3.16. The topological polar surface area (TPSA) is 70.5 Å². The first-order valence-electron chi connectivity index (χ1n) is 9.43. The minimum atomic E-state index is -4.52. The number of carbonyl (C=O) groups excluding carboxylic acids is 2. The van der Waals surface area contributed by atoms with Crippen LogP contribution in [0.5, 0.6) is 0 Å². The summed E-state index contributed by atoms with van der Waals surface area (Å²) in [6.45, 7) is 3.49. The first kappa shape index (κ1) is 21.5. The van der Waals surface area contributed by atoms with Gasteiger partial charge in [0.2, 0.25) is 0 Å². The highest BCUT2D eigenvalue weighted by molar-refractivity contribution is 6.08. The maximum atomic E-state index is 13.1. The molecule has 5 nitrogen and oxygen atoms in total. The number of benzene rings is 1. The Balaban J connectivity index is 2.02. The maximum Gasteiger partial charge on any atom is 0.416 e. The van der Waals surface area contributed by atoms with Gasteiger partial charge in [-0.1, -0.05) is 26.0 Å². The van der Waals surface area contributed by atoms with Gasteiger partial charge in [0.05, 0.1) is 17.2 Å². The Morgan fingerprint density at radius 1 is 1.20 bits per heavy atom. The van der Waals surface area contributed by atoms with Crippen LogP contribution in [-0.2, 0) is 22.3 Å². The molecule has 1 N–H and O–H groups in total. The highest BCUT2D eigenvalue weighted by atomic mass is 19.4. The predicted octanol–water partition coefficient (Wildman–Crippen LogP) is 4.61. The summed E-state index contributed by atoms with van der Waals surface area (Å²) in [5.41, 5.74) is -0.0867. The van der Waals surface area contributed by atoms with Crippen LogP contribution in [0.4, 0.5) is 13.2 Å². The summed E-state index contributed by atoms with van der Waals surface area (Å²) in [6.07, 6.45) is -1.41. The van der Waals surface area contributed by atoms with E-state index in [-0.39, 0.29) is 35.8 Å². The number of aliphatic hydroxyl groups is 1. The highest BCUT2D eigenvalue weighted by Gasteiger charge is 2.43. The molecule has 2 aromatic rings. The van der Waals surface area contributed by atoms with Gasteiger partial charge in [0, 0.05) is 25.4 Å². The lowest BCUT2D eigenvalue weighted by atomic mass is 9.92. The van der Waals surface area contributed by atoms with E-state index in [1.807, 2.05) is 13.8 Å². The first-order valence-corrected chi connectivity index (χ1v) is 9.43. The molecule has 8 heteroatoms. The summed E-state index contributed by atoms with van der Waals surface area (Å²) in [7, 11) is 0. The molecule has 0 spiro atoms. The van der Waals surface area contributed by atoms with Crippen LogP contribution >= 0.6 is 0 Å². The van der Waals surface area contributed by atoms with Gasteiger partial charge in [-0.25, -0.2) is 0 Å². The van der Waals surface area contributed by atoms with E-state index in [1.54, 1.807) is 12.1 Å². The zero-order valence-corrected chi connectivity index (χ0v) is 16.5. The van der Waals surface area contributed by atoms with Crippen molar-refractivity contribution < 1.29 is 27.9 Å². The van der Waals surface area contributed by atoms with E-state index in [1.165, 1.54) is 29.4 Å². The van der Waals surface area contributed by atoms with Gasteiger partial charge < -0.3 is 10.0 Å². The molecule has 1 unspecified atom stereocenters. The standard InChI is InChI=1S/C22H21F3N2O3/c1-13(2)10-17(28)18-19(15-6-8-26-9-7-15)27(21(30)20(18)29)12-14-4-3-5-16(11-14)22(23,24)25/h3-9,11,13,19,29H,10,12H2,1-2H3. The molecule has 0 radical (unpaired) electrons. The molecular weight excluding hydrogens is 397 g/mol. The van der Waals surface area contributed by atoms with Gasteiger partial charge in [-0.2, -0.15) is 13.2 Å². The number of nitrogens with zero attached hydrogens (tertiary/aromatic N) is 2. The number of amides is 1. The average Bonchev–Trinajstić information content (AvgIpc) is 2.93. The number of pyridine rings is 1. The monoisotopic (exact) mass is 418 g/mol. The number of carbonyl (C=O) groups is 2. The Labute approximate surface area is 171 Å². The van der Waals surface area contributed by atoms with Crippen LogP contribution in [0.1, 0.15) is 43.0 Å². The molecule has 1 atom stereocenters. The number of aliphatic hydroxyl groups excluding tert-OH is 1. The number of alkyl halides is 3. The first-order chi connectivity index (χ1) is 14.1. The summed E-state index contributed by atoms with van der Waals surface area (Å²) >= 11 is 0. The van der Waals surface area contributed by atoms with Crippen molar-refractivity contribution in [1.82, 2.24) is 9.88 Å². The fourth-order valence-corrected chi connectivity index (χ4v) is 3.52. The Morgan fingerprint density at radius 3 is 2.47 bits per heavy atom. The second-order valence-electron chi connectivity index (χ2n) is 7.60. The number of Topliss-reactive ketones (excluding diaryl/α,β-unsaturated/α-hetero) is 1. The van der Waals surface area contributed by atoms with E-state index in [0.29, 0.717) is 5.56 Å². The summed E-state index contributed by atoms with van der Waals surface area (Å²) in [6, 6.07) is 6.96. The molecule has 0 aliphatic carbocycles. The van der Waals surface area contributed by atoms with Crippen LogP contribution < -0.4 is 0 Å². The molecule has 1 aliphatic heterocycles. The minimum Gasteiger partial charge on any atom is -0.503 e. The zero-order chi connectivity index (χ0) is 22.1. The Morgan fingerprint density at radius 2 is 1.87 bits per heavy atom. The van der Waals surface area contributed by atoms with Crippen molar-refractivity contribution in [1.29, 1.82) is 0 Å². The number of hydrogen-bond acceptors (Lipinski definition) is 4. The second-order valence-corrected chi connectivity index (χ2v) is 7.60. The molecule has 1 aromatic carbocycles. The SMILES string of the molecule is CC(C)CC(=O)C1=C(O)C(=O)N(Cc2cccc(C(F)(F)F)c2)C1c1ccncc1. The molecule has 0 fully saturated rings. The molecule has 1 amide bonds. The van der Waals surface area contributed by atoms with Crippen LogP contribution in [-0.4, -0.2) is 26.7 Å². The largest absolute Gasteiger partial charge is 0.503 e. The minimum absolute atomic E-state index is 0.00325. The molecule has 0 saturated carbocycles. The molecule has 1 aromatic heterocycles. The van der Waals surface area contributed by atoms with Crippen molar-refractivity contribution in [2.75, 3.05) is 0 Å². The van der Waals surface area contributed by atoms with Crippen molar-refractivity contribution >= 4 is 11.7 Å². The lowest BCUT2D eigenvalue weighted by molar-refractivity contribution is -0.137. The van der Waals surface area contributed by atoms with Gasteiger partial charge in [-0.3, -0.25) is 14.6 Å². The number of hydrogen-bond donors (Lipinski definition) is 1. The fraction of sp³-hybridized carbons (Fsp3) is 0.318. The lowest BCUT2D eigenvalue weighted by Crippen LogP contribution is -2.31. The molecule has 1 aliphatic rings. The molecule has 158 valence electrons. The third kappa shape index (κ3) is 4.37. The maximum absolute atomic E-state index is 13.1. The van der Waals surface area contributed by atoms with Crippen LogP contribution in [0.3, 0.4) is 0 Å². The molecule has 0 saturated heterocycles. The normalized spacial score (nSPS) is 17.2. The van der Waals surface area contributed by atoms with E-state index < -0.39 is 29.4 Å². The van der Waals surface area contributed by atoms with Gasteiger partial charge in [-0.05, 0) is 41.3 Å². The van der Waals surface area contributed by atoms with E-state index in [4.69, 9.17) is 0 Å². The summed E-state index contributed by atoms with van der Waals surface area (Å²) in [5.74, 6) is -1.82. The molecular formula is C22H21F3N2O3. The number of aromatic nitrogens is 1. The summed E-state index contributed by atoms with van der Waals surface area (Å²) < 4.78 is 39.2. The van der Waals surface area contributed by atoms with Crippen molar-refractivity contribution in [2.45, 2.75) is 39.0 Å². The highest BCUT2D eigenvalue weighted by Crippen LogP contribution is 2.40. The van der Waals surface area contributed by atoms with E-state index in [2.05, 4.69) is 4.98 Å². The van der Waals surface area contributed by atoms with Gasteiger partial charge >= 0.3 is 6.18 Å². The van der Waals surface area contributed by atoms with Crippen LogP contribution in [0.2, 0.25) is 0 Å². The third-order valence-corrected chi connectivity index (χ3v) is 4.83. The van der Waals surface area contributed by atoms with Crippen LogP contribution in [0.25, 0.3) is 0 Å². The molecule has 2 heterocycles. The van der Waals surface area contributed by atoms with Gasteiger partial charge in [0.15, 0.2) is 11.5 Å². The smallest absolute Gasteiger partial charge is 0.416 e. The van der Waals surface area contributed by atoms with Crippen molar-refractivity contribution in [3.05, 3.63) is 76.8 Å². The van der Waals surface area contributed by atoms with Crippen molar-refractivity contribution in [2.24, 2.45) is 5.92 Å². The van der Waals surface area contributed by atoms with E-state index in [9.17, 15) is 27.9 Å².